The molecule has 8 heteroatoms. The summed E-state index contributed by atoms with van der Waals surface area (Å²) >= 11 is 0. The number of aromatic nitrogens is 2. The number of imidazole rings is 1. The van der Waals surface area contributed by atoms with Crippen LogP contribution in [0.1, 0.15) is 57.1 Å². The Hall–Kier alpha value is -2.55. The molecule has 7 N–H and O–H groups in total. The van der Waals surface area contributed by atoms with Crippen LogP contribution in [0.3, 0.4) is 0 Å². The number of hydrazine groups is 1. The van der Waals surface area contributed by atoms with E-state index >= 15 is 0 Å². The first-order valence-electron chi connectivity index (χ1n) is 10.1. The number of nitrogens with one attached hydrogen (secondary N) is 5. The van der Waals surface area contributed by atoms with Crippen LogP contribution in [0.2, 0.25) is 0 Å². The molecular weight excluding hydrogens is 366 g/mol. The second-order valence-electron chi connectivity index (χ2n) is 7.70. The van der Waals surface area contributed by atoms with E-state index in [2.05, 4.69) is 38.3 Å². The van der Waals surface area contributed by atoms with Crippen molar-refractivity contribution < 1.29 is 4.79 Å². The lowest BCUT2D eigenvalue weighted by atomic mass is 9.85. The van der Waals surface area contributed by atoms with Crippen molar-refractivity contribution in [3.05, 3.63) is 47.1 Å². The monoisotopic (exact) mass is 397 g/mol. The second-order valence-corrected chi connectivity index (χ2v) is 7.70. The van der Waals surface area contributed by atoms with Gasteiger partial charge in [-0.05, 0) is 69.4 Å². The summed E-state index contributed by atoms with van der Waals surface area (Å²) in [5.41, 5.74) is 16.5. The van der Waals surface area contributed by atoms with E-state index in [1.165, 1.54) is 16.7 Å². The Morgan fingerprint density at radius 1 is 1.24 bits per heavy atom. The van der Waals surface area contributed by atoms with Crippen LogP contribution in [-0.4, -0.2) is 40.7 Å². The highest BCUT2D eigenvalue weighted by Gasteiger charge is 2.25. The van der Waals surface area contributed by atoms with Gasteiger partial charge in [0, 0.05) is 6.04 Å². The predicted octanol–water partition coefficient (Wildman–Crippen LogP) is 1.87. The van der Waals surface area contributed by atoms with E-state index in [9.17, 15) is 4.79 Å². The van der Waals surface area contributed by atoms with Gasteiger partial charge in [0.15, 0.2) is 0 Å². The van der Waals surface area contributed by atoms with Crippen molar-refractivity contribution in [1.29, 1.82) is 5.41 Å². The summed E-state index contributed by atoms with van der Waals surface area (Å²) in [5, 5.41) is 11.3. The molecule has 3 rings (SSSR count). The molecule has 0 aromatic carbocycles. The van der Waals surface area contributed by atoms with Crippen LogP contribution in [0.15, 0.2) is 35.6 Å². The molecule has 2 aliphatic rings. The number of nitrogens with two attached hydrogens (primary N) is 1. The topological polar surface area (TPSA) is 132 Å². The average Bonchev–Trinajstić information content (AvgIpc) is 3.20. The highest BCUT2D eigenvalue weighted by atomic mass is 16.2. The zero-order valence-electron chi connectivity index (χ0n) is 17.3. The number of allylic oxidation sites excluding steroid dienone is 5. The number of rotatable bonds is 7. The van der Waals surface area contributed by atoms with Gasteiger partial charge in [-0.3, -0.25) is 10.2 Å². The molecule has 0 radical (unpaired) electrons. The number of amides is 1. The Kier molecular flexibility index (Phi) is 6.79. The number of H-pyrrole nitrogens is 1. The Labute approximate surface area is 171 Å². The molecule has 1 amide bonds. The highest BCUT2D eigenvalue weighted by molar-refractivity contribution is 6.01. The molecule has 3 unspecified atom stereocenters. The van der Waals surface area contributed by atoms with Crippen molar-refractivity contribution in [3.8, 4) is 0 Å². The minimum atomic E-state index is -0.354. The van der Waals surface area contributed by atoms with Gasteiger partial charge in [0.1, 0.15) is 5.82 Å². The minimum Gasteiger partial charge on any atom is -0.346 e. The third-order valence-electron chi connectivity index (χ3n) is 5.43. The van der Waals surface area contributed by atoms with Gasteiger partial charge in [-0.2, -0.15) is 0 Å². The fraction of sp³-hybridized carbons (Fsp3) is 0.476. The van der Waals surface area contributed by atoms with E-state index in [0.29, 0.717) is 5.71 Å². The van der Waals surface area contributed by atoms with Crippen molar-refractivity contribution in [2.75, 3.05) is 7.05 Å². The number of nitrogens with zero attached hydrogens (tertiary/aromatic N) is 1. The van der Waals surface area contributed by atoms with Crippen molar-refractivity contribution in [2.24, 2.45) is 5.73 Å². The van der Waals surface area contributed by atoms with Gasteiger partial charge >= 0.3 is 0 Å². The average molecular weight is 398 g/mol. The predicted molar refractivity (Wildman–Crippen MR) is 115 cm³/mol. The van der Waals surface area contributed by atoms with Gasteiger partial charge in [-0.1, -0.05) is 12.2 Å². The van der Waals surface area contributed by atoms with E-state index in [0.717, 1.165) is 37.2 Å². The summed E-state index contributed by atoms with van der Waals surface area (Å²) < 4.78 is 0. The van der Waals surface area contributed by atoms with Crippen LogP contribution in [0.5, 0.6) is 0 Å². The van der Waals surface area contributed by atoms with E-state index < -0.39 is 0 Å². The maximum atomic E-state index is 12.2. The van der Waals surface area contributed by atoms with Gasteiger partial charge in [0.25, 0.3) is 0 Å². The normalized spacial score (nSPS) is 21.7. The van der Waals surface area contributed by atoms with Crippen molar-refractivity contribution in [2.45, 2.75) is 57.7 Å². The molecule has 3 atom stereocenters. The van der Waals surface area contributed by atoms with Crippen LogP contribution in [0, 0.1) is 5.41 Å². The van der Waals surface area contributed by atoms with Crippen LogP contribution in [-0.2, 0) is 4.79 Å². The second kappa shape index (κ2) is 9.30. The summed E-state index contributed by atoms with van der Waals surface area (Å²) in [4.78, 5) is 19.9. The Bertz CT molecular complexity index is 862. The number of carbonyl (C=O) groups excluding carboxylic acids is 1. The molecule has 0 bridgehead atoms. The maximum absolute atomic E-state index is 12.2. The summed E-state index contributed by atoms with van der Waals surface area (Å²) in [7, 11) is 1.72. The zero-order valence-corrected chi connectivity index (χ0v) is 17.3. The Morgan fingerprint density at radius 2 is 1.97 bits per heavy atom. The first-order valence-corrected chi connectivity index (χ1v) is 10.1. The molecule has 0 spiro atoms. The zero-order chi connectivity index (χ0) is 21.0. The summed E-state index contributed by atoms with van der Waals surface area (Å²) in [5.74, 6) is 0.769. The molecule has 0 saturated heterocycles. The quantitative estimate of drug-likeness (QED) is 0.391. The molecule has 1 aromatic rings. The number of hydrogen-bond donors (Lipinski definition) is 6. The molecule has 29 heavy (non-hydrogen) atoms. The molecule has 1 aromatic heterocycles. The largest absolute Gasteiger partial charge is 0.346 e. The van der Waals surface area contributed by atoms with Gasteiger partial charge in [0.05, 0.1) is 29.7 Å². The smallest absolute Gasteiger partial charge is 0.238 e. The summed E-state index contributed by atoms with van der Waals surface area (Å²) in [6.45, 7) is 3.72. The fourth-order valence-electron chi connectivity index (χ4n) is 3.63. The van der Waals surface area contributed by atoms with Gasteiger partial charge in [0.2, 0.25) is 5.91 Å². The van der Waals surface area contributed by atoms with Crippen molar-refractivity contribution in [3.63, 3.8) is 0 Å². The number of carbonyl (C=O) groups is 1. The van der Waals surface area contributed by atoms with Crippen LogP contribution in [0.25, 0.3) is 5.57 Å². The summed E-state index contributed by atoms with van der Waals surface area (Å²) in [6.07, 6.45) is 11.4. The Morgan fingerprint density at radius 3 is 2.55 bits per heavy atom. The SMILES string of the molecule is CNNC(C)C(=O)NC1CCC(C2=CC=C(c3ncc(C(C)N)[nH]3)CC2)=CC1=N. The van der Waals surface area contributed by atoms with Crippen molar-refractivity contribution in [1.82, 2.24) is 26.1 Å². The first-order chi connectivity index (χ1) is 13.9. The summed E-state index contributed by atoms with van der Waals surface area (Å²) in [6, 6.07) is -0.648. The molecule has 0 saturated carbocycles. The minimum absolute atomic E-state index is 0.0598. The van der Waals surface area contributed by atoms with E-state index in [-0.39, 0.29) is 24.0 Å². The van der Waals surface area contributed by atoms with Gasteiger partial charge < -0.3 is 21.4 Å². The van der Waals surface area contributed by atoms with Crippen molar-refractivity contribution >= 4 is 17.2 Å². The maximum Gasteiger partial charge on any atom is 0.238 e. The van der Waals surface area contributed by atoms with Gasteiger partial charge in [-0.15, -0.1) is 0 Å². The highest BCUT2D eigenvalue weighted by Crippen LogP contribution is 2.32. The number of aromatic amines is 1. The van der Waals surface area contributed by atoms with Crippen LogP contribution >= 0.6 is 0 Å². The lowest BCUT2D eigenvalue weighted by Crippen LogP contribution is -2.51. The third kappa shape index (κ3) is 5.09. The van der Waals surface area contributed by atoms with Crippen LogP contribution in [0.4, 0.5) is 0 Å². The molecule has 1 heterocycles. The third-order valence-corrected chi connectivity index (χ3v) is 5.43. The molecule has 0 fully saturated rings. The van der Waals surface area contributed by atoms with Gasteiger partial charge in [-0.25, -0.2) is 10.4 Å². The molecule has 0 aliphatic heterocycles. The lowest BCUT2D eigenvalue weighted by molar-refractivity contribution is -0.123. The van der Waals surface area contributed by atoms with E-state index in [1.807, 2.05) is 13.0 Å². The first kappa shape index (κ1) is 21.2. The standard InChI is InChI=1S/C21H31N7O/c1-12(22)19-11-25-20(26-19)15-6-4-14(5-7-15)16-8-9-18(17(23)10-16)27-21(29)13(2)28-24-3/h4,6,10-13,18,23-24,28H,5,7-9,22H2,1-3H3,(H,25,26)(H,27,29). The molecule has 8 nitrogen and oxygen atoms in total. The number of hydrogen-bond acceptors (Lipinski definition) is 6. The molecular formula is C21H31N7O. The van der Waals surface area contributed by atoms with E-state index in [1.54, 1.807) is 20.2 Å². The molecule has 156 valence electrons. The fourth-order valence-corrected chi connectivity index (χ4v) is 3.63. The Balaban J connectivity index is 1.64. The van der Waals surface area contributed by atoms with E-state index in [4.69, 9.17) is 11.1 Å². The lowest BCUT2D eigenvalue weighted by Gasteiger charge is -2.27. The van der Waals surface area contributed by atoms with Crippen LogP contribution < -0.4 is 21.9 Å². The molecule has 2 aliphatic carbocycles.